The predicted octanol–water partition coefficient (Wildman–Crippen LogP) is 1.65. The summed E-state index contributed by atoms with van der Waals surface area (Å²) < 4.78 is 29.2. The molecule has 0 aromatic heterocycles. The molecular weight excluding hydrogens is 278 g/mol. The summed E-state index contributed by atoms with van der Waals surface area (Å²) in [6.07, 6.45) is 0. The summed E-state index contributed by atoms with van der Waals surface area (Å²) in [7, 11) is -3.46. The molecule has 0 saturated heterocycles. The van der Waals surface area contributed by atoms with Crippen LogP contribution >= 0.6 is 0 Å². The fourth-order valence-electron chi connectivity index (χ4n) is 2.48. The zero-order valence-corrected chi connectivity index (χ0v) is 12.1. The fourth-order valence-corrected chi connectivity index (χ4v) is 4.46. The van der Waals surface area contributed by atoms with Crippen LogP contribution in [0.4, 0.5) is 0 Å². The van der Waals surface area contributed by atoms with E-state index in [2.05, 4.69) is 0 Å². The number of hydrogen-bond acceptors (Lipinski definition) is 5. The first-order valence-corrected chi connectivity index (χ1v) is 7.92. The Morgan fingerprint density at radius 3 is 2.75 bits per heavy atom. The summed E-state index contributed by atoms with van der Waals surface area (Å²) in [4.78, 5) is 12.3. The number of ether oxygens (including phenoxy) is 1. The number of hydrogen-bond donors (Lipinski definition) is 0. The van der Waals surface area contributed by atoms with Crippen LogP contribution in [0.5, 0.6) is 0 Å². The van der Waals surface area contributed by atoms with Crippen molar-refractivity contribution in [3.63, 3.8) is 0 Å². The molecule has 0 saturated carbocycles. The van der Waals surface area contributed by atoms with Gasteiger partial charge < -0.3 is 4.74 Å². The average Bonchev–Trinajstić information content (AvgIpc) is 2.71. The minimum Gasteiger partial charge on any atom is -0.465 e. The molecular formula is C14H15NO4S. The summed E-state index contributed by atoms with van der Waals surface area (Å²) in [5.41, 5.74) is -0.986. The molecule has 0 bridgehead atoms. The SMILES string of the molecule is CCOC(=O)C(C)(C#N)C1CS(=O)(=O)c2ccccc21. The van der Waals surface area contributed by atoms with Crippen molar-refractivity contribution in [2.24, 2.45) is 5.41 Å². The number of benzene rings is 1. The van der Waals surface area contributed by atoms with Crippen molar-refractivity contribution >= 4 is 15.8 Å². The molecule has 6 heteroatoms. The van der Waals surface area contributed by atoms with Gasteiger partial charge in [-0.1, -0.05) is 18.2 Å². The Kier molecular flexibility index (Phi) is 3.57. The van der Waals surface area contributed by atoms with Gasteiger partial charge in [-0.2, -0.15) is 5.26 Å². The van der Waals surface area contributed by atoms with Gasteiger partial charge in [0.2, 0.25) is 0 Å². The van der Waals surface area contributed by atoms with Crippen LogP contribution < -0.4 is 0 Å². The first-order chi connectivity index (χ1) is 9.36. The van der Waals surface area contributed by atoms with Gasteiger partial charge in [-0.15, -0.1) is 0 Å². The van der Waals surface area contributed by atoms with Crippen molar-refractivity contribution in [3.05, 3.63) is 29.8 Å². The largest absolute Gasteiger partial charge is 0.465 e. The lowest BCUT2D eigenvalue weighted by Gasteiger charge is -2.25. The van der Waals surface area contributed by atoms with Crippen LogP contribution in [0.2, 0.25) is 0 Å². The number of nitrogens with zero attached hydrogens (tertiary/aromatic N) is 1. The molecule has 0 fully saturated rings. The molecule has 0 N–H and O–H groups in total. The minimum atomic E-state index is -3.46. The lowest BCUT2D eigenvalue weighted by atomic mass is 9.75. The normalized spacial score (nSPS) is 22.4. The van der Waals surface area contributed by atoms with Gasteiger partial charge in [-0.25, -0.2) is 8.42 Å². The van der Waals surface area contributed by atoms with E-state index in [-0.39, 0.29) is 17.3 Å². The van der Waals surface area contributed by atoms with Crippen molar-refractivity contribution in [1.82, 2.24) is 0 Å². The number of esters is 1. The van der Waals surface area contributed by atoms with E-state index in [1.165, 1.54) is 13.0 Å². The number of sulfone groups is 1. The summed E-state index contributed by atoms with van der Waals surface area (Å²) >= 11 is 0. The van der Waals surface area contributed by atoms with E-state index in [1.54, 1.807) is 25.1 Å². The number of carbonyl (C=O) groups is 1. The van der Waals surface area contributed by atoms with Crippen molar-refractivity contribution in [2.45, 2.75) is 24.7 Å². The topological polar surface area (TPSA) is 84.2 Å². The summed E-state index contributed by atoms with van der Waals surface area (Å²) in [6, 6.07) is 8.44. The van der Waals surface area contributed by atoms with E-state index in [0.717, 1.165) is 0 Å². The van der Waals surface area contributed by atoms with Crippen molar-refractivity contribution in [1.29, 1.82) is 5.26 Å². The Labute approximate surface area is 118 Å². The molecule has 5 nitrogen and oxygen atoms in total. The number of rotatable bonds is 3. The molecule has 0 amide bonds. The maximum atomic E-state index is 12.1. The van der Waals surface area contributed by atoms with E-state index in [0.29, 0.717) is 5.56 Å². The predicted molar refractivity (Wildman–Crippen MR) is 71.6 cm³/mol. The van der Waals surface area contributed by atoms with Crippen molar-refractivity contribution in [2.75, 3.05) is 12.4 Å². The van der Waals surface area contributed by atoms with Gasteiger partial charge in [0.15, 0.2) is 15.3 Å². The first kappa shape index (κ1) is 14.5. The van der Waals surface area contributed by atoms with Gasteiger partial charge in [0.05, 0.1) is 23.3 Å². The Bertz CT molecular complexity index is 689. The van der Waals surface area contributed by atoms with Crippen LogP contribution in [-0.4, -0.2) is 26.7 Å². The summed E-state index contributed by atoms with van der Waals surface area (Å²) in [5.74, 6) is -1.62. The Morgan fingerprint density at radius 2 is 2.15 bits per heavy atom. The second-order valence-electron chi connectivity index (χ2n) is 4.91. The van der Waals surface area contributed by atoms with Crippen LogP contribution in [0.15, 0.2) is 29.2 Å². The van der Waals surface area contributed by atoms with Gasteiger partial charge in [-0.3, -0.25) is 4.79 Å². The molecule has 2 unspecified atom stereocenters. The van der Waals surface area contributed by atoms with Crippen molar-refractivity contribution in [3.8, 4) is 6.07 Å². The zero-order chi connectivity index (χ0) is 15.0. The highest BCUT2D eigenvalue weighted by Crippen LogP contribution is 2.45. The summed E-state index contributed by atoms with van der Waals surface area (Å²) in [5, 5.41) is 9.39. The highest BCUT2D eigenvalue weighted by atomic mass is 32.2. The van der Waals surface area contributed by atoms with Crippen molar-refractivity contribution < 1.29 is 17.9 Å². The maximum Gasteiger partial charge on any atom is 0.326 e. The molecule has 106 valence electrons. The molecule has 0 spiro atoms. The van der Waals surface area contributed by atoms with Crippen LogP contribution in [0.1, 0.15) is 25.3 Å². The van der Waals surface area contributed by atoms with E-state index in [4.69, 9.17) is 4.74 Å². The lowest BCUT2D eigenvalue weighted by molar-refractivity contribution is -0.152. The molecule has 1 aliphatic rings. The van der Waals surface area contributed by atoms with Gasteiger partial charge in [0.1, 0.15) is 0 Å². The fraction of sp³-hybridized carbons (Fsp3) is 0.429. The monoisotopic (exact) mass is 293 g/mol. The minimum absolute atomic E-state index is 0.150. The highest BCUT2D eigenvalue weighted by Gasteiger charge is 2.50. The molecule has 2 atom stereocenters. The van der Waals surface area contributed by atoms with E-state index >= 15 is 0 Å². The van der Waals surface area contributed by atoms with Gasteiger partial charge >= 0.3 is 5.97 Å². The van der Waals surface area contributed by atoms with E-state index in [9.17, 15) is 18.5 Å². The molecule has 20 heavy (non-hydrogen) atoms. The van der Waals surface area contributed by atoms with Crippen LogP contribution in [0, 0.1) is 16.7 Å². The average molecular weight is 293 g/mol. The molecule has 2 rings (SSSR count). The zero-order valence-electron chi connectivity index (χ0n) is 11.3. The highest BCUT2D eigenvalue weighted by molar-refractivity contribution is 7.91. The smallest absolute Gasteiger partial charge is 0.326 e. The Hall–Kier alpha value is -1.87. The molecule has 1 aromatic carbocycles. The number of carbonyl (C=O) groups excluding carboxylic acids is 1. The molecule has 1 aromatic rings. The van der Waals surface area contributed by atoms with Gasteiger partial charge in [-0.05, 0) is 25.5 Å². The Morgan fingerprint density at radius 1 is 1.50 bits per heavy atom. The third kappa shape index (κ3) is 2.08. The second-order valence-corrected chi connectivity index (χ2v) is 6.91. The first-order valence-electron chi connectivity index (χ1n) is 6.27. The molecule has 1 heterocycles. The van der Waals surface area contributed by atoms with Crippen LogP contribution in [0.3, 0.4) is 0 Å². The second kappa shape index (κ2) is 4.91. The lowest BCUT2D eigenvalue weighted by Crippen LogP contribution is -2.35. The third-order valence-corrected chi connectivity index (χ3v) is 5.46. The molecule has 0 radical (unpaired) electrons. The number of nitriles is 1. The molecule has 1 aliphatic heterocycles. The van der Waals surface area contributed by atoms with Gasteiger partial charge in [0, 0.05) is 5.92 Å². The van der Waals surface area contributed by atoms with E-state index < -0.39 is 27.1 Å². The quantitative estimate of drug-likeness (QED) is 0.791. The number of fused-ring (bicyclic) bond motifs is 1. The summed E-state index contributed by atoms with van der Waals surface area (Å²) in [6.45, 7) is 3.24. The Balaban J connectivity index is 2.55. The standard InChI is InChI=1S/C14H15NO4S/c1-3-19-13(16)14(2,9-15)11-8-20(17,18)12-7-5-4-6-10(11)12/h4-7,11H,3,8H2,1-2H3. The third-order valence-electron chi connectivity index (χ3n) is 3.64. The van der Waals surface area contributed by atoms with Crippen LogP contribution in [-0.2, 0) is 19.4 Å². The van der Waals surface area contributed by atoms with E-state index in [1.807, 2.05) is 6.07 Å². The van der Waals surface area contributed by atoms with Crippen LogP contribution in [0.25, 0.3) is 0 Å². The maximum absolute atomic E-state index is 12.1. The van der Waals surface area contributed by atoms with Gasteiger partial charge in [0.25, 0.3) is 0 Å². The molecule has 0 aliphatic carbocycles.